The fraction of sp³-hybridized carbons (Fsp3) is 0.250. The number of rotatable bonds is 4. The molecule has 0 aliphatic carbocycles. The lowest BCUT2D eigenvalue weighted by atomic mass is 10.1. The van der Waals surface area contributed by atoms with Crippen LogP contribution in [0.2, 0.25) is 0 Å². The summed E-state index contributed by atoms with van der Waals surface area (Å²) in [5.41, 5.74) is 2.84. The Morgan fingerprint density at radius 3 is 2.83 bits per heavy atom. The minimum Gasteiger partial charge on any atom is -0.468 e. The molecule has 3 rings (SSSR count). The highest BCUT2D eigenvalue weighted by Gasteiger charge is 2.12. The number of carbonyl (C=O) groups excluding carboxylic acids is 1. The predicted molar refractivity (Wildman–Crippen MR) is 86.2 cm³/mol. The van der Waals surface area contributed by atoms with Crippen LogP contribution in [0.4, 0.5) is 5.82 Å². The Bertz CT molecular complexity index is 872. The molecule has 0 spiro atoms. The number of nitrogens with zero attached hydrogens (tertiary/aromatic N) is 4. The van der Waals surface area contributed by atoms with Crippen LogP contribution in [0, 0.1) is 13.8 Å². The minimum atomic E-state index is -0.355. The largest absolute Gasteiger partial charge is 0.468 e. The Kier molecular flexibility index (Phi) is 3.92. The van der Waals surface area contributed by atoms with Crippen molar-refractivity contribution < 1.29 is 9.53 Å². The Hall–Kier alpha value is -2.96. The van der Waals surface area contributed by atoms with Gasteiger partial charge in [0.15, 0.2) is 5.82 Å². The smallest absolute Gasteiger partial charge is 0.325 e. The summed E-state index contributed by atoms with van der Waals surface area (Å²) in [6.45, 7) is 3.93. The van der Waals surface area contributed by atoms with E-state index < -0.39 is 0 Å². The van der Waals surface area contributed by atoms with E-state index in [1.165, 1.54) is 7.11 Å². The van der Waals surface area contributed by atoms with Crippen molar-refractivity contribution in [1.82, 2.24) is 19.6 Å². The number of nitrogens with one attached hydrogen (secondary N) is 1. The maximum atomic E-state index is 11.3. The van der Waals surface area contributed by atoms with E-state index in [4.69, 9.17) is 0 Å². The molecule has 0 fully saturated rings. The number of benzene rings is 1. The van der Waals surface area contributed by atoms with Crippen LogP contribution in [0.3, 0.4) is 0 Å². The van der Waals surface area contributed by atoms with Gasteiger partial charge in [0.25, 0.3) is 5.78 Å². The first-order valence-corrected chi connectivity index (χ1v) is 7.19. The van der Waals surface area contributed by atoms with Gasteiger partial charge in [-0.1, -0.05) is 23.8 Å². The van der Waals surface area contributed by atoms with E-state index in [-0.39, 0.29) is 12.5 Å². The van der Waals surface area contributed by atoms with Crippen molar-refractivity contribution in [1.29, 1.82) is 0 Å². The van der Waals surface area contributed by atoms with Crippen LogP contribution in [-0.2, 0) is 9.53 Å². The molecule has 0 unspecified atom stereocenters. The zero-order chi connectivity index (χ0) is 16.4. The average Bonchev–Trinajstić information content (AvgIpc) is 2.96. The van der Waals surface area contributed by atoms with Crippen LogP contribution in [0.15, 0.2) is 30.3 Å². The second kappa shape index (κ2) is 6.04. The molecule has 0 saturated carbocycles. The molecule has 23 heavy (non-hydrogen) atoms. The molecular formula is C16H17N5O2. The van der Waals surface area contributed by atoms with Gasteiger partial charge in [0.2, 0.25) is 0 Å². The lowest BCUT2D eigenvalue weighted by Gasteiger charge is -2.07. The third-order valence-corrected chi connectivity index (χ3v) is 3.36. The van der Waals surface area contributed by atoms with Crippen molar-refractivity contribution in [2.45, 2.75) is 13.8 Å². The summed E-state index contributed by atoms with van der Waals surface area (Å²) in [7, 11) is 1.35. The third-order valence-electron chi connectivity index (χ3n) is 3.36. The molecule has 0 aliphatic heterocycles. The van der Waals surface area contributed by atoms with E-state index >= 15 is 0 Å². The van der Waals surface area contributed by atoms with Crippen LogP contribution in [0.1, 0.15) is 11.3 Å². The van der Waals surface area contributed by atoms with Gasteiger partial charge in [-0.05, 0) is 19.9 Å². The van der Waals surface area contributed by atoms with Gasteiger partial charge in [-0.15, -0.1) is 5.10 Å². The highest BCUT2D eigenvalue weighted by molar-refractivity contribution is 5.74. The maximum absolute atomic E-state index is 11.3. The van der Waals surface area contributed by atoms with E-state index in [0.717, 1.165) is 16.8 Å². The summed E-state index contributed by atoms with van der Waals surface area (Å²) in [6.07, 6.45) is 0. The van der Waals surface area contributed by atoms with Crippen molar-refractivity contribution in [3.8, 4) is 11.4 Å². The zero-order valence-electron chi connectivity index (χ0n) is 13.2. The molecule has 0 saturated heterocycles. The molecule has 7 heteroatoms. The number of ether oxygens (including phenoxy) is 1. The van der Waals surface area contributed by atoms with Crippen LogP contribution in [0.5, 0.6) is 0 Å². The summed E-state index contributed by atoms with van der Waals surface area (Å²) in [5, 5.41) is 7.50. The second-order valence-electron chi connectivity index (χ2n) is 5.23. The monoisotopic (exact) mass is 311 g/mol. The first kappa shape index (κ1) is 15.0. The van der Waals surface area contributed by atoms with Crippen LogP contribution >= 0.6 is 0 Å². The number of hydrogen-bond donors (Lipinski definition) is 1. The van der Waals surface area contributed by atoms with E-state index in [2.05, 4.69) is 25.1 Å². The highest BCUT2D eigenvalue weighted by atomic mass is 16.5. The Labute approximate surface area is 133 Å². The number of hydrogen-bond acceptors (Lipinski definition) is 6. The highest BCUT2D eigenvalue weighted by Crippen LogP contribution is 2.19. The lowest BCUT2D eigenvalue weighted by molar-refractivity contribution is -0.138. The van der Waals surface area contributed by atoms with Gasteiger partial charge in [-0.2, -0.15) is 9.50 Å². The fourth-order valence-corrected chi connectivity index (χ4v) is 2.25. The molecule has 2 aromatic heterocycles. The molecule has 0 bridgehead atoms. The number of anilines is 1. The molecule has 0 aliphatic rings. The van der Waals surface area contributed by atoms with Gasteiger partial charge in [0.1, 0.15) is 12.4 Å². The number of carbonyl (C=O) groups is 1. The van der Waals surface area contributed by atoms with Crippen LogP contribution in [0.25, 0.3) is 17.2 Å². The van der Waals surface area contributed by atoms with Gasteiger partial charge >= 0.3 is 5.97 Å². The van der Waals surface area contributed by atoms with Crippen LogP contribution < -0.4 is 5.32 Å². The van der Waals surface area contributed by atoms with Crippen LogP contribution in [-0.4, -0.2) is 39.2 Å². The Morgan fingerprint density at radius 1 is 1.26 bits per heavy atom. The molecule has 0 radical (unpaired) electrons. The standard InChI is InChI=1S/C16H17N5O2/c1-10-5-4-6-12(7-10)15-19-16-18-11(2)8-13(21(16)20-15)17-9-14(22)23-3/h4-8,17H,9H2,1-3H3. The average molecular weight is 311 g/mol. The topological polar surface area (TPSA) is 81.4 Å². The first-order valence-electron chi connectivity index (χ1n) is 7.19. The van der Waals surface area contributed by atoms with Gasteiger partial charge in [-0.25, -0.2) is 4.98 Å². The number of aromatic nitrogens is 4. The summed E-state index contributed by atoms with van der Waals surface area (Å²) in [4.78, 5) is 20.2. The second-order valence-corrected chi connectivity index (χ2v) is 5.23. The molecule has 118 valence electrons. The molecule has 2 heterocycles. The molecule has 0 amide bonds. The molecule has 7 nitrogen and oxygen atoms in total. The fourth-order valence-electron chi connectivity index (χ4n) is 2.25. The van der Waals surface area contributed by atoms with E-state index in [1.54, 1.807) is 4.52 Å². The molecule has 0 atom stereocenters. The quantitative estimate of drug-likeness (QED) is 0.742. The summed E-state index contributed by atoms with van der Waals surface area (Å²) >= 11 is 0. The first-order chi connectivity index (χ1) is 11.1. The molecule has 1 aromatic carbocycles. The molecule has 3 aromatic rings. The molecule has 1 N–H and O–H groups in total. The van der Waals surface area contributed by atoms with Gasteiger partial charge in [0.05, 0.1) is 7.11 Å². The summed E-state index contributed by atoms with van der Waals surface area (Å²) < 4.78 is 6.23. The van der Waals surface area contributed by atoms with Crippen molar-refractivity contribution in [2.24, 2.45) is 0 Å². The van der Waals surface area contributed by atoms with Crippen molar-refractivity contribution in [3.05, 3.63) is 41.6 Å². The SMILES string of the molecule is COC(=O)CNc1cc(C)nc2nc(-c3cccc(C)c3)nn12. The van der Waals surface area contributed by atoms with Gasteiger partial charge < -0.3 is 10.1 Å². The third kappa shape index (κ3) is 3.13. The minimum absolute atomic E-state index is 0.0503. The van der Waals surface area contributed by atoms with Crippen molar-refractivity contribution >= 4 is 17.6 Å². The van der Waals surface area contributed by atoms with E-state index in [0.29, 0.717) is 17.4 Å². The van der Waals surface area contributed by atoms with Gasteiger partial charge in [-0.3, -0.25) is 4.79 Å². The number of methoxy groups -OCH3 is 1. The van der Waals surface area contributed by atoms with E-state index in [9.17, 15) is 4.79 Å². The summed E-state index contributed by atoms with van der Waals surface area (Å²) in [5.74, 6) is 1.36. The Balaban J connectivity index is 2.03. The summed E-state index contributed by atoms with van der Waals surface area (Å²) in [6, 6.07) is 9.76. The zero-order valence-corrected chi connectivity index (χ0v) is 13.2. The predicted octanol–water partition coefficient (Wildman–Crippen LogP) is 1.99. The Morgan fingerprint density at radius 2 is 2.09 bits per heavy atom. The van der Waals surface area contributed by atoms with Crippen molar-refractivity contribution in [2.75, 3.05) is 19.0 Å². The lowest BCUT2D eigenvalue weighted by Crippen LogP contribution is -2.17. The van der Waals surface area contributed by atoms with E-state index in [1.807, 2.05) is 44.2 Å². The number of esters is 1. The van der Waals surface area contributed by atoms with Gasteiger partial charge in [0, 0.05) is 17.3 Å². The van der Waals surface area contributed by atoms with Crippen molar-refractivity contribution in [3.63, 3.8) is 0 Å². The number of aryl methyl sites for hydroxylation is 2. The number of fused-ring (bicyclic) bond motifs is 1. The maximum Gasteiger partial charge on any atom is 0.325 e. The molecular weight excluding hydrogens is 294 g/mol. The normalized spacial score (nSPS) is 10.7.